The number of rotatable bonds is 3. The van der Waals surface area contributed by atoms with Gasteiger partial charge in [-0.25, -0.2) is 0 Å². The molecule has 0 aliphatic carbocycles. The van der Waals surface area contributed by atoms with Crippen molar-refractivity contribution >= 4 is 22.9 Å². The van der Waals surface area contributed by atoms with Crippen molar-refractivity contribution < 1.29 is 14.3 Å². The summed E-state index contributed by atoms with van der Waals surface area (Å²) in [5.41, 5.74) is 5.59. The number of carbonyl (C=O) groups excluding carboxylic acids is 2. The third-order valence-corrected chi connectivity index (χ3v) is 5.17. The number of allylic oxidation sites excluding steroid dienone is 2. The minimum Gasteiger partial charge on any atom is -0.497 e. The Kier molecular flexibility index (Phi) is 7.29. The average molecular weight is 419 g/mol. The highest BCUT2D eigenvalue weighted by molar-refractivity contribution is 5.88. The zero-order valence-electron chi connectivity index (χ0n) is 18.7. The van der Waals surface area contributed by atoms with Gasteiger partial charge in [0.05, 0.1) is 20.2 Å². The summed E-state index contributed by atoms with van der Waals surface area (Å²) in [6.45, 7) is 7.00. The topological polar surface area (TPSA) is 49.9 Å². The van der Waals surface area contributed by atoms with Crippen LogP contribution in [0.15, 0.2) is 72.1 Å². The lowest BCUT2D eigenvalue weighted by molar-refractivity contribution is -0.118. The van der Waals surface area contributed by atoms with Crippen molar-refractivity contribution in [3.8, 4) is 5.75 Å². The molecule has 0 amide bonds. The summed E-state index contributed by atoms with van der Waals surface area (Å²) in [5.74, 6) is 1.37. The molecule has 0 aromatic heterocycles. The number of ether oxygens (including phenoxy) is 1. The molecule has 0 N–H and O–H groups in total. The Bertz CT molecular complexity index is 988. The molecule has 0 spiro atoms. The van der Waals surface area contributed by atoms with Crippen LogP contribution in [0.25, 0.3) is 0 Å². The minimum absolute atomic E-state index is 0.260. The molecule has 2 aliphatic heterocycles. The summed E-state index contributed by atoms with van der Waals surface area (Å²) in [6.07, 6.45) is 5.27. The Morgan fingerprint density at radius 1 is 0.677 bits per heavy atom. The molecule has 2 heterocycles. The van der Waals surface area contributed by atoms with Gasteiger partial charge in [0.15, 0.2) is 11.6 Å². The lowest BCUT2D eigenvalue weighted by atomic mass is 10.1. The quantitative estimate of drug-likeness (QED) is 0.698. The van der Waals surface area contributed by atoms with Crippen LogP contribution < -0.4 is 14.5 Å². The van der Waals surface area contributed by atoms with E-state index in [9.17, 15) is 9.59 Å². The summed E-state index contributed by atoms with van der Waals surface area (Å²) in [5, 5.41) is 0. The number of methoxy groups -OCH3 is 1. The molecule has 0 unspecified atom stereocenters. The van der Waals surface area contributed by atoms with Gasteiger partial charge < -0.3 is 14.5 Å². The van der Waals surface area contributed by atoms with E-state index in [0.717, 1.165) is 28.3 Å². The predicted molar refractivity (Wildman–Crippen MR) is 126 cm³/mol. The highest BCUT2D eigenvalue weighted by atomic mass is 16.5. The van der Waals surface area contributed by atoms with Gasteiger partial charge in [-0.05, 0) is 68.3 Å². The maximum atomic E-state index is 11.5. The number of nitrogens with zero attached hydrogens (tertiary/aromatic N) is 2. The molecular weight excluding hydrogens is 388 g/mol. The van der Waals surface area contributed by atoms with Crippen molar-refractivity contribution in [3.63, 3.8) is 0 Å². The molecule has 0 saturated heterocycles. The number of ketones is 2. The third-order valence-electron chi connectivity index (χ3n) is 5.17. The predicted octanol–water partition coefficient (Wildman–Crippen LogP) is 5.06. The highest BCUT2D eigenvalue weighted by Crippen LogP contribution is 2.23. The van der Waals surface area contributed by atoms with Crippen molar-refractivity contribution in [1.82, 2.24) is 0 Å². The van der Waals surface area contributed by atoms with Gasteiger partial charge >= 0.3 is 0 Å². The zero-order valence-corrected chi connectivity index (χ0v) is 18.7. The van der Waals surface area contributed by atoms with Gasteiger partial charge in [0.25, 0.3) is 0 Å². The third kappa shape index (κ3) is 6.32. The van der Waals surface area contributed by atoms with Crippen LogP contribution in [0, 0.1) is 6.92 Å². The number of aryl methyl sites for hydroxylation is 1. The first-order chi connectivity index (χ1) is 14.8. The van der Waals surface area contributed by atoms with E-state index >= 15 is 0 Å². The van der Waals surface area contributed by atoms with Gasteiger partial charge in [-0.15, -0.1) is 0 Å². The van der Waals surface area contributed by atoms with Crippen LogP contribution >= 0.6 is 0 Å². The normalized spacial score (nSPS) is 16.3. The van der Waals surface area contributed by atoms with Crippen LogP contribution in [0.3, 0.4) is 0 Å². The zero-order chi connectivity index (χ0) is 22.4. The fourth-order valence-electron chi connectivity index (χ4n) is 3.67. The number of carbonyl (C=O) groups is 2. The second kappa shape index (κ2) is 10.1. The van der Waals surface area contributed by atoms with Crippen molar-refractivity contribution in [2.75, 3.05) is 30.0 Å². The van der Waals surface area contributed by atoms with E-state index in [1.165, 1.54) is 5.56 Å². The summed E-state index contributed by atoms with van der Waals surface area (Å²) in [4.78, 5) is 26.9. The smallest absolute Gasteiger partial charge is 0.156 e. The van der Waals surface area contributed by atoms with Crippen LogP contribution in [-0.2, 0) is 9.59 Å². The molecular formula is C26H30N2O3. The van der Waals surface area contributed by atoms with Gasteiger partial charge in [0.2, 0.25) is 0 Å². The first-order valence-electron chi connectivity index (χ1n) is 10.5. The summed E-state index contributed by atoms with van der Waals surface area (Å²) >= 11 is 0. The number of hydrogen-bond donors (Lipinski definition) is 0. The molecule has 0 saturated carbocycles. The van der Waals surface area contributed by atoms with E-state index in [1.807, 2.05) is 54.1 Å². The summed E-state index contributed by atoms with van der Waals surface area (Å²) < 4.78 is 5.10. The fraction of sp³-hybridized carbons (Fsp3) is 0.308. The van der Waals surface area contributed by atoms with Crippen molar-refractivity contribution in [1.29, 1.82) is 0 Å². The van der Waals surface area contributed by atoms with E-state index in [-0.39, 0.29) is 11.6 Å². The Morgan fingerprint density at radius 2 is 1.10 bits per heavy atom. The summed E-state index contributed by atoms with van der Waals surface area (Å²) in [6, 6.07) is 16.0. The van der Waals surface area contributed by atoms with Gasteiger partial charge in [0.1, 0.15) is 5.75 Å². The van der Waals surface area contributed by atoms with Gasteiger partial charge in [0, 0.05) is 36.6 Å². The van der Waals surface area contributed by atoms with E-state index in [2.05, 4.69) is 37.4 Å². The number of hydrogen-bond acceptors (Lipinski definition) is 5. The molecule has 2 aliphatic rings. The fourth-order valence-corrected chi connectivity index (χ4v) is 3.67. The van der Waals surface area contributed by atoms with Crippen molar-refractivity contribution in [2.24, 2.45) is 0 Å². The molecule has 5 nitrogen and oxygen atoms in total. The molecule has 0 atom stereocenters. The SMILES string of the molecule is CC1=CN(c2ccc(C)cc2)CC(=O)C1.COc1ccc(N2C=C(C)CC(=O)C2)cc1. The molecule has 0 fully saturated rings. The maximum Gasteiger partial charge on any atom is 0.156 e. The standard InChI is InChI=1S/C13H15NO2.C13H15NO/c1-10-7-12(15)9-14(8-10)11-3-5-13(16-2)6-4-11;1-10-3-5-12(6-4-10)14-8-11(2)7-13(15)9-14/h3-6,8H,7,9H2,1-2H3;3-6,8H,7,9H2,1-2H3. The number of Topliss-reactive ketones (excluding diaryl/α,β-unsaturated/α-hetero) is 2. The van der Waals surface area contributed by atoms with Crippen LogP contribution in [0.4, 0.5) is 11.4 Å². The Morgan fingerprint density at radius 3 is 1.48 bits per heavy atom. The average Bonchev–Trinajstić information content (AvgIpc) is 2.73. The van der Waals surface area contributed by atoms with Crippen LogP contribution in [-0.4, -0.2) is 31.8 Å². The first kappa shape index (κ1) is 22.3. The maximum absolute atomic E-state index is 11.5. The van der Waals surface area contributed by atoms with Crippen molar-refractivity contribution in [3.05, 3.63) is 77.6 Å². The monoisotopic (exact) mass is 418 g/mol. The summed E-state index contributed by atoms with van der Waals surface area (Å²) in [7, 11) is 1.64. The van der Waals surface area contributed by atoms with Gasteiger partial charge in [-0.3, -0.25) is 9.59 Å². The van der Waals surface area contributed by atoms with Gasteiger partial charge in [-0.1, -0.05) is 17.7 Å². The molecule has 4 rings (SSSR count). The Hall–Kier alpha value is -3.34. The number of benzene rings is 2. The number of anilines is 2. The van der Waals surface area contributed by atoms with Crippen LogP contribution in [0.2, 0.25) is 0 Å². The largest absolute Gasteiger partial charge is 0.497 e. The van der Waals surface area contributed by atoms with Crippen molar-refractivity contribution in [2.45, 2.75) is 33.6 Å². The molecule has 0 bridgehead atoms. The van der Waals surface area contributed by atoms with E-state index in [1.54, 1.807) is 7.11 Å². The van der Waals surface area contributed by atoms with Crippen LogP contribution in [0.1, 0.15) is 32.3 Å². The van der Waals surface area contributed by atoms with E-state index < -0.39 is 0 Å². The Balaban J connectivity index is 0.000000176. The van der Waals surface area contributed by atoms with E-state index in [0.29, 0.717) is 25.9 Å². The molecule has 2 aromatic carbocycles. The highest BCUT2D eigenvalue weighted by Gasteiger charge is 2.16. The minimum atomic E-state index is 0.260. The molecule has 0 radical (unpaired) electrons. The Labute approximate surface area is 184 Å². The molecule has 2 aromatic rings. The van der Waals surface area contributed by atoms with Crippen LogP contribution in [0.5, 0.6) is 5.75 Å². The second-order valence-electron chi connectivity index (χ2n) is 8.17. The first-order valence-corrected chi connectivity index (χ1v) is 10.5. The molecule has 5 heteroatoms. The molecule has 162 valence electrons. The lowest BCUT2D eigenvalue weighted by Crippen LogP contribution is -2.29. The lowest BCUT2D eigenvalue weighted by Gasteiger charge is -2.25. The second-order valence-corrected chi connectivity index (χ2v) is 8.17. The molecule has 31 heavy (non-hydrogen) atoms. The van der Waals surface area contributed by atoms with Gasteiger partial charge in [-0.2, -0.15) is 0 Å². The van der Waals surface area contributed by atoms with E-state index in [4.69, 9.17) is 4.74 Å².